The number of ketones is 1. The molecular weight excluding hydrogens is 294 g/mol. The number of aromatic nitrogens is 3. The van der Waals surface area contributed by atoms with Gasteiger partial charge >= 0.3 is 0 Å². The van der Waals surface area contributed by atoms with Crippen LogP contribution in [0.2, 0.25) is 0 Å². The van der Waals surface area contributed by atoms with Crippen LogP contribution in [-0.2, 0) is 11.2 Å². The van der Waals surface area contributed by atoms with Crippen molar-refractivity contribution in [2.75, 3.05) is 0 Å². The van der Waals surface area contributed by atoms with Gasteiger partial charge in [0.15, 0.2) is 11.5 Å². The topological polar surface area (TPSA) is 47.3 Å². The summed E-state index contributed by atoms with van der Waals surface area (Å²) in [7, 11) is 0. The fourth-order valence-corrected chi connectivity index (χ4v) is 2.36. The Balaban J connectivity index is 1.61. The van der Waals surface area contributed by atoms with Crippen LogP contribution < -0.4 is 0 Å². The molecule has 0 amide bonds. The maximum absolute atomic E-state index is 11.6. The third kappa shape index (κ3) is 2.61. The minimum absolute atomic E-state index is 0.370. The molecule has 0 spiro atoms. The highest BCUT2D eigenvalue weighted by Gasteiger charge is 2.28. The van der Waals surface area contributed by atoms with Crippen molar-refractivity contribution in [2.45, 2.75) is 32.1 Å². The molecule has 2 aromatic rings. The molecule has 0 bridgehead atoms. The molecule has 0 saturated heterocycles. The molecule has 1 fully saturated rings. The van der Waals surface area contributed by atoms with E-state index in [0.29, 0.717) is 18.1 Å². The molecule has 0 aliphatic heterocycles. The summed E-state index contributed by atoms with van der Waals surface area (Å²) in [6, 6.07) is 3.87. The van der Waals surface area contributed by atoms with Crippen molar-refractivity contribution in [3.05, 3.63) is 28.6 Å². The smallest absolute Gasteiger partial charge is 0.156 e. The summed E-state index contributed by atoms with van der Waals surface area (Å²) in [6.07, 6.45) is 6.37. The van der Waals surface area contributed by atoms with Crippen LogP contribution in [0.5, 0.6) is 0 Å². The Bertz CT molecular complexity index is 589. The van der Waals surface area contributed by atoms with E-state index in [1.165, 1.54) is 0 Å². The number of carbonyl (C=O) groups excluding carboxylic acids is 1. The number of rotatable bonds is 5. The molecule has 0 N–H and O–H groups in total. The third-order valence-corrected chi connectivity index (χ3v) is 3.69. The van der Waals surface area contributed by atoms with Crippen LogP contribution in [-0.4, -0.2) is 20.4 Å². The van der Waals surface area contributed by atoms with Crippen LogP contribution in [0.1, 0.15) is 31.5 Å². The lowest BCUT2D eigenvalue weighted by Gasteiger charge is -1.95. The standard InChI is InChI=1S/C13H14BrN3O/c14-10-6-7-17-13(8-10)15-12(16-17)3-1-2-11(18)9-4-5-9/h6-9H,1-5H2. The summed E-state index contributed by atoms with van der Waals surface area (Å²) in [6.45, 7) is 0. The lowest BCUT2D eigenvalue weighted by atomic mass is 10.1. The summed E-state index contributed by atoms with van der Waals surface area (Å²) in [5.41, 5.74) is 0.841. The van der Waals surface area contributed by atoms with E-state index in [4.69, 9.17) is 0 Å². The maximum Gasteiger partial charge on any atom is 0.156 e. The molecule has 0 radical (unpaired) electrons. The zero-order chi connectivity index (χ0) is 12.5. The van der Waals surface area contributed by atoms with Gasteiger partial charge in [-0.25, -0.2) is 9.50 Å². The Morgan fingerprint density at radius 1 is 1.50 bits per heavy atom. The van der Waals surface area contributed by atoms with Gasteiger partial charge in [-0.2, -0.15) is 5.10 Å². The first-order chi connectivity index (χ1) is 8.72. The summed E-state index contributed by atoms with van der Waals surface area (Å²) in [5.74, 6) is 1.60. The zero-order valence-electron chi connectivity index (χ0n) is 9.97. The number of carbonyl (C=O) groups is 1. The Hall–Kier alpha value is -1.23. The zero-order valence-corrected chi connectivity index (χ0v) is 11.6. The molecule has 94 valence electrons. The molecule has 1 aliphatic carbocycles. The Labute approximate surface area is 114 Å². The van der Waals surface area contributed by atoms with Crippen molar-refractivity contribution < 1.29 is 4.79 Å². The highest BCUT2D eigenvalue weighted by atomic mass is 79.9. The van der Waals surface area contributed by atoms with Crippen molar-refractivity contribution in [1.82, 2.24) is 14.6 Å². The first-order valence-electron chi connectivity index (χ1n) is 6.26. The van der Waals surface area contributed by atoms with Crippen LogP contribution in [0.15, 0.2) is 22.8 Å². The fourth-order valence-electron chi connectivity index (χ4n) is 2.04. The van der Waals surface area contributed by atoms with E-state index >= 15 is 0 Å². The molecule has 2 heterocycles. The second kappa shape index (κ2) is 4.80. The van der Waals surface area contributed by atoms with Gasteiger partial charge in [-0.3, -0.25) is 4.79 Å². The number of pyridine rings is 1. The minimum Gasteiger partial charge on any atom is -0.299 e. The van der Waals surface area contributed by atoms with Gasteiger partial charge in [0.1, 0.15) is 5.78 Å². The second-order valence-corrected chi connectivity index (χ2v) is 5.69. The van der Waals surface area contributed by atoms with E-state index in [2.05, 4.69) is 26.0 Å². The number of hydrogen-bond acceptors (Lipinski definition) is 3. The SMILES string of the molecule is O=C(CCCc1nc2cc(Br)ccn2n1)C1CC1. The van der Waals surface area contributed by atoms with Crippen molar-refractivity contribution in [2.24, 2.45) is 5.92 Å². The van der Waals surface area contributed by atoms with Gasteiger partial charge in [-0.1, -0.05) is 15.9 Å². The first-order valence-corrected chi connectivity index (χ1v) is 7.05. The predicted octanol–water partition coefficient (Wildman–Crippen LogP) is 2.79. The molecule has 1 saturated carbocycles. The van der Waals surface area contributed by atoms with Gasteiger partial charge in [-0.05, 0) is 31.4 Å². The van der Waals surface area contributed by atoms with Crippen LogP contribution in [0.3, 0.4) is 0 Å². The monoisotopic (exact) mass is 307 g/mol. The summed E-state index contributed by atoms with van der Waals surface area (Å²) < 4.78 is 2.76. The number of aryl methyl sites for hydroxylation is 1. The van der Waals surface area contributed by atoms with E-state index in [9.17, 15) is 4.79 Å². The summed E-state index contributed by atoms with van der Waals surface area (Å²) in [5, 5.41) is 4.38. The fraction of sp³-hybridized carbons (Fsp3) is 0.462. The van der Waals surface area contributed by atoms with Crippen molar-refractivity contribution in [3.63, 3.8) is 0 Å². The molecule has 0 atom stereocenters. The number of fused-ring (bicyclic) bond motifs is 1. The maximum atomic E-state index is 11.6. The Morgan fingerprint density at radius 3 is 3.11 bits per heavy atom. The molecule has 0 unspecified atom stereocenters. The quantitative estimate of drug-likeness (QED) is 0.853. The molecule has 18 heavy (non-hydrogen) atoms. The average molecular weight is 308 g/mol. The van der Waals surface area contributed by atoms with E-state index in [0.717, 1.165) is 41.6 Å². The first kappa shape index (κ1) is 11.8. The molecule has 2 aromatic heterocycles. The van der Waals surface area contributed by atoms with E-state index in [1.54, 1.807) is 4.52 Å². The van der Waals surface area contributed by atoms with E-state index in [-0.39, 0.29) is 0 Å². The normalized spacial score (nSPS) is 15.2. The molecule has 1 aliphatic rings. The van der Waals surface area contributed by atoms with E-state index in [1.807, 2.05) is 18.3 Å². The highest BCUT2D eigenvalue weighted by molar-refractivity contribution is 9.10. The number of Topliss-reactive ketones (excluding diaryl/α,β-unsaturated/α-hetero) is 1. The van der Waals surface area contributed by atoms with Crippen LogP contribution in [0.4, 0.5) is 0 Å². The third-order valence-electron chi connectivity index (χ3n) is 3.20. The highest BCUT2D eigenvalue weighted by Crippen LogP contribution is 2.31. The molecule has 0 aromatic carbocycles. The van der Waals surface area contributed by atoms with Crippen LogP contribution in [0, 0.1) is 5.92 Å². The number of nitrogens with zero attached hydrogens (tertiary/aromatic N) is 3. The molecule has 4 nitrogen and oxygen atoms in total. The second-order valence-electron chi connectivity index (χ2n) is 4.77. The Kier molecular flexibility index (Phi) is 3.16. The summed E-state index contributed by atoms with van der Waals surface area (Å²) in [4.78, 5) is 16.0. The van der Waals surface area contributed by atoms with Crippen molar-refractivity contribution in [1.29, 1.82) is 0 Å². The lowest BCUT2D eigenvalue weighted by Crippen LogP contribution is -2.01. The molecule has 3 rings (SSSR count). The van der Waals surface area contributed by atoms with Crippen LogP contribution >= 0.6 is 15.9 Å². The Morgan fingerprint density at radius 2 is 2.33 bits per heavy atom. The largest absolute Gasteiger partial charge is 0.299 e. The van der Waals surface area contributed by atoms with E-state index < -0.39 is 0 Å². The lowest BCUT2D eigenvalue weighted by molar-refractivity contribution is -0.120. The molecule has 5 heteroatoms. The minimum atomic E-state index is 0.370. The van der Waals surface area contributed by atoms with Gasteiger partial charge in [0.2, 0.25) is 0 Å². The van der Waals surface area contributed by atoms with Crippen molar-refractivity contribution >= 4 is 27.4 Å². The van der Waals surface area contributed by atoms with Crippen molar-refractivity contribution in [3.8, 4) is 0 Å². The van der Waals surface area contributed by atoms with Gasteiger partial charge in [-0.15, -0.1) is 0 Å². The number of hydrogen-bond donors (Lipinski definition) is 0. The molecular formula is C13H14BrN3O. The van der Waals surface area contributed by atoms with Gasteiger partial charge < -0.3 is 0 Å². The summed E-state index contributed by atoms with van der Waals surface area (Å²) >= 11 is 3.41. The van der Waals surface area contributed by atoms with Gasteiger partial charge in [0.25, 0.3) is 0 Å². The van der Waals surface area contributed by atoms with Crippen LogP contribution in [0.25, 0.3) is 5.65 Å². The number of halogens is 1. The average Bonchev–Trinajstić information content (AvgIpc) is 3.11. The predicted molar refractivity (Wildman–Crippen MR) is 71.4 cm³/mol. The van der Waals surface area contributed by atoms with Gasteiger partial charge in [0, 0.05) is 29.4 Å². The van der Waals surface area contributed by atoms with Gasteiger partial charge in [0.05, 0.1) is 0 Å².